The molecule has 1 amide bonds. The van der Waals surface area contributed by atoms with Crippen molar-refractivity contribution in [3.63, 3.8) is 0 Å². The van der Waals surface area contributed by atoms with E-state index in [0.717, 1.165) is 0 Å². The summed E-state index contributed by atoms with van der Waals surface area (Å²) in [4.78, 5) is 12.3. The Morgan fingerprint density at radius 2 is 2.10 bits per heavy atom. The van der Waals surface area contributed by atoms with Crippen molar-refractivity contribution in [1.29, 1.82) is 5.26 Å². The minimum Gasteiger partial charge on any atom is -0.497 e. The lowest BCUT2D eigenvalue weighted by Crippen LogP contribution is -2.14. The number of carbonyl (C=O) groups excluding carboxylic acids is 1. The molecule has 0 radical (unpaired) electrons. The van der Waals surface area contributed by atoms with E-state index < -0.39 is 5.91 Å². The number of methoxy groups -OCH3 is 1. The fourth-order valence-corrected chi connectivity index (χ4v) is 1.90. The third kappa shape index (κ3) is 3.25. The van der Waals surface area contributed by atoms with E-state index in [4.69, 9.17) is 27.3 Å². The maximum absolute atomic E-state index is 12.3. The largest absolute Gasteiger partial charge is 0.497 e. The zero-order chi connectivity index (χ0) is 15.4. The minimum atomic E-state index is -0.427. The van der Waals surface area contributed by atoms with Crippen LogP contribution in [0, 0.1) is 11.3 Å². The van der Waals surface area contributed by atoms with Crippen molar-refractivity contribution in [3.05, 3.63) is 52.5 Å². The molecule has 0 fully saturated rings. The number of nitriles is 1. The van der Waals surface area contributed by atoms with Crippen LogP contribution < -0.4 is 15.8 Å². The van der Waals surface area contributed by atoms with Crippen LogP contribution in [-0.4, -0.2) is 13.0 Å². The minimum absolute atomic E-state index is 0.271. The van der Waals surface area contributed by atoms with Crippen LogP contribution in [0.5, 0.6) is 5.75 Å². The molecule has 0 aliphatic carbocycles. The standard InChI is InChI=1S/C15H12ClN3O2/c1-21-10-3-5-13(18)11(7-10)15(20)19-14-6-9(8-17)2-4-12(14)16/h2-7H,18H2,1H3,(H,19,20). The first-order chi connectivity index (χ1) is 10.0. The lowest BCUT2D eigenvalue weighted by Gasteiger charge is -2.10. The molecule has 0 saturated carbocycles. The normalized spacial score (nSPS) is 9.76. The van der Waals surface area contributed by atoms with E-state index in [-0.39, 0.29) is 5.56 Å². The molecule has 6 heteroatoms. The SMILES string of the molecule is COc1ccc(N)c(C(=O)Nc2cc(C#N)ccc2Cl)c1. The van der Waals surface area contributed by atoms with Gasteiger partial charge in [0.25, 0.3) is 5.91 Å². The van der Waals surface area contributed by atoms with E-state index in [1.54, 1.807) is 24.3 Å². The highest BCUT2D eigenvalue weighted by Gasteiger charge is 2.13. The highest BCUT2D eigenvalue weighted by atomic mass is 35.5. The van der Waals surface area contributed by atoms with Gasteiger partial charge in [0.2, 0.25) is 0 Å². The summed E-state index contributed by atoms with van der Waals surface area (Å²) in [5.74, 6) is 0.0922. The Kier molecular flexibility index (Phi) is 4.31. The van der Waals surface area contributed by atoms with Gasteiger partial charge in [-0.05, 0) is 36.4 Å². The molecule has 0 aliphatic rings. The van der Waals surface area contributed by atoms with Gasteiger partial charge in [-0.2, -0.15) is 5.26 Å². The first-order valence-corrected chi connectivity index (χ1v) is 6.37. The molecule has 106 valence electrons. The first kappa shape index (κ1) is 14.7. The number of hydrogen-bond donors (Lipinski definition) is 2. The second-order valence-electron chi connectivity index (χ2n) is 4.21. The third-order valence-corrected chi connectivity index (χ3v) is 3.18. The fourth-order valence-electron chi connectivity index (χ4n) is 1.74. The average Bonchev–Trinajstić information content (AvgIpc) is 2.49. The number of anilines is 2. The Morgan fingerprint density at radius 1 is 1.33 bits per heavy atom. The van der Waals surface area contributed by atoms with E-state index in [9.17, 15) is 4.79 Å². The van der Waals surface area contributed by atoms with Crippen molar-refractivity contribution in [3.8, 4) is 11.8 Å². The van der Waals surface area contributed by atoms with E-state index in [1.807, 2.05) is 6.07 Å². The number of nitrogen functional groups attached to an aromatic ring is 1. The van der Waals surface area contributed by atoms with E-state index in [2.05, 4.69) is 5.32 Å². The van der Waals surface area contributed by atoms with Gasteiger partial charge in [0.05, 0.1) is 35.0 Å². The summed E-state index contributed by atoms with van der Waals surface area (Å²) in [5, 5.41) is 11.8. The van der Waals surface area contributed by atoms with E-state index in [0.29, 0.717) is 27.7 Å². The smallest absolute Gasteiger partial charge is 0.257 e. The molecule has 0 saturated heterocycles. The number of nitrogens with two attached hydrogens (primary N) is 1. The Hall–Kier alpha value is -2.71. The number of nitrogens with one attached hydrogen (secondary N) is 1. The lowest BCUT2D eigenvalue weighted by atomic mass is 10.1. The number of rotatable bonds is 3. The van der Waals surface area contributed by atoms with Crippen molar-refractivity contribution in [2.75, 3.05) is 18.2 Å². The molecule has 2 aromatic carbocycles. The van der Waals surface area contributed by atoms with Gasteiger partial charge in [-0.1, -0.05) is 11.6 Å². The molecule has 0 unspecified atom stereocenters. The third-order valence-electron chi connectivity index (χ3n) is 2.85. The number of carbonyl (C=O) groups is 1. The predicted molar refractivity (Wildman–Crippen MR) is 81.5 cm³/mol. The van der Waals surface area contributed by atoms with Gasteiger partial charge in [-0.15, -0.1) is 0 Å². The van der Waals surface area contributed by atoms with Crippen LogP contribution in [0.2, 0.25) is 5.02 Å². The molecule has 21 heavy (non-hydrogen) atoms. The molecule has 5 nitrogen and oxygen atoms in total. The Bertz CT molecular complexity index is 738. The summed E-state index contributed by atoms with van der Waals surface area (Å²) in [6, 6.07) is 11.4. The summed E-state index contributed by atoms with van der Waals surface area (Å²) in [6.07, 6.45) is 0. The van der Waals surface area contributed by atoms with Gasteiger partial charge in [0, 0.05) is 5.69 Å². The van der Waals surface area contributed by atoms with Gasteiger partial charge >= 0.3 is 0 Å². The number of benzene rings is 2. The Labute approximate surface area is 126 Å². The van der Waals surface area contributed by atoms with Crippen LogP contribution in [0.1, 0.15) is 15.9 Å². The van der Waals surface area contributed by atoms with Crippen LogP contribution in [0.15, 0.2) is 36.4 Å². The van der Waals surface area contributed by atoms with Gasteiger partial charge in [-0.25, -0.2) is 0 Å². The Balaban J connectivity index is 2.32. The second kappa shape index (κ2) is 6.16. The van der Waals surface area contributed by atoms with E-state index in [1.165, 1.54) is 19.2 Å². The molecular formula is C15H12ClN3O2. The van der Waals surface area contributed by atoms with Crippen molar-refractivity contribution in [2.45, 2.75) is 0 Å². The molecule has 0 atom stereocenters. The maximum atomic E-state index is 12.3. The van der Waals surface area contributed by atoms with Crippen LogP contribution in [0.4, 0.5) is 11.4 Å². The number of ether oxygens (including phenoxy) is 1. The van der Waals surface area contributed by atoms with Crippen molar-refractivity contribution in [2.24, 2.45) is 0 Å². The highest BCUT2D eigenvalue weighted by molar-refractivity contribution is 6.34. The number of nitrogens with zero attached hydrogens (tertiary/aromatic N) is 1. The molecule has 3 N–H and O–H groups in total. The van der Waals surface area contributed by atoms with E-state index >= 15 is 0 Å². The number of amides is 1. The zero-order valence-corrected chi connectivity index (χ0v) is 11.9. The van der Waals surface area contributed by atoms with Gasteiger partial charge < -0.3 is 15.8 Å². The maximum Gasteiger partial charge on any atom is 0.257 e. The van der Waals surface area contributed by atoms with Crippen LogP contribution in [0.25, 0.3) is 0 Å². The second-order valence-corrected chi connectivity index (χ2v) is 4.62. The molecule has 0 aliphatic heterocycles. The number of hydrogen-bond acceptors (Lipinski definition) is 4. The molecule has 0 spiro atoms. The molecular weight excluding hydrogens is 290 g/mol. The predicted octanol–water partition coefficient (Wildman–Crippen LogP) is 3.05. The molecule has 2 aromatic rings. The van der Waals surface area contributed by atoms with Crippen LogP contribution >= 0.6 is 11.6 Å². The molecule has 0 bridgehead atoms. The Morgan fingerprint density at radius 3 is 2.76 bits per heavy atom. The molecule has 0 aromatic heterocycles. The summed E-state index contributed by atoms with van der Waals surface area (Å²) in [7, 11) is 1.50. The molecule has 0 heterocycles. The molecule has 2 rings (SSSR count). The van der Waals surface area contributed by atoms with Gasteiger partial charge in [0.1, 0.15) is 5.75 Å². The van der Waals surface area contributed by atoms with Crippen LogP contribution in [-0.2, 0) is 0 Å². The fraction of sp³-hybridized carbons (Fsp3) is 0.0667. The van der Waals surface area contributed by atoms with Gasteiger partial charge in [-0.3, -0.25) is 4.79 Å². The summed E-state index contributed by atoms with van der Waals surface area (Å²) in [6.45, 7) is 0. The average molecular weight is 302 g/mol. The highest BCUT2D eigenvalue weighted by Crippen LogP contribution is 2.25. The van der Waals surface area contributed by atoms with Crippen molar-refractivity contribution < 1.29 is 9.53 Å². The quantitative estimate of drug-likeness (QED) is 0.853. The topological polar surface area (TPSA) is 88.1 Å². The summed E-state index contributed by atoms with van der Waals surface area (Å²) < 4.78 is 5.07. The van der Waals surface area contributed by atoms with Crippen molar-refractivity contribution >= 4 is 28.9 Å². The first-order valence-electron chi connectivity index (χ1n) is 5.99. The zero-order valence-electron chi connectivity index (χ0n) is 11.2. The summed E-state index contributed by atoms with van der Waals surface area (Å²) >= 11 is 6.00. The monoisotopic (exact) mass is 301 g/mol. The van der Waals surface area contributed by atoms with Crippen LogP contribution in [0.3, 0.4) is 0 Å². The number of halogens is 1. The summed E-state index contributed by atoms with van der Waals surface area (Å²) in [5.41, 5.74) is 7.13. The lowest BCUT2D eigenvalue weighted by molar-refractivity contribution is 0.102. The van der Waals surface area contributed by atoms with Crippen molar-refractivity contribution in [1.82, 2.24) is 0 Å². The van der Waals surface area contributed by atoms with Gasteiger partial charge in [0.15, 0.2) is 0 Å².